The Balaban J connectivity index is 2.20. The number of rotatable bonds is 6. The summed E-state index contributed by atoms with van der Waals surface area (Å²) in [5, 5.41) is 31.0. The zero-order valence-electron chi connectivity index (χ0n) is 9.45. The Hall–Kier alpha value is -0.160. The summed E-state index contributed by atoms with van der Waals surface area (Å²) < 4.78 is 0. The molecule has 90 valence electrons. The third-order valence-electron chi connectivity index (χ3n) is 3.34. The van der Waals surface area contributed by atoms with Crippen molar-refractivity contribution in [3.05, 3.63) is 0 Å². The van der Waals surface area contributed by atoms with Gasteiger partial charge in [0.05, 0.1) is 19.3 Å². The smallest absolute Gasteiger partial charge is 0.0580 e. The molecule has 1 rings (SSSR count). The zero-order valence-corrected chi connectivity index (χ0v) is 9.45. The summed E-state index contributed by atoms with van der Waals surface area (Å²) in [4.78, 5) is 0. The Labute approximate surface area is 91.3 Å². The van der Waals surface area contributed by atoms with Crippen LogP contribution in [0.25, 0.3) is 0 Å². The lowest BCUT2D eigenvalue weighted by molar-refractivity contribution is 0.0660. The molecule has 0 radical (unpaired) electrons. The normalized spacial score (nSPS) is 27.2. The number of aliphatic hydroxyl groups is 3. The highest BCUT2D eigenvalue weighted by molar-refractivity contribution is 4.80. The van der Waals surface area contributed by atoms with Gasteiger partial charge < -0.3 is 20.6 Å². The van der Waals surface area contributed by atoms with E-state index >= 15 is 0 Å². The topological polar surface area (TPSA) is 72.7 Å². The van der Waals surface area contributed by atoms with Gasteiger partial charge in [0.15, 0.2) is 0 Å². The zero-order chi connectivity index (χ0) is 11.3. The quantitative estimate of drug-likeness (QED) is 0.494. The maximum Gasteiger partial charge on any atom is 0.0580 e. The molecular weight excluding hydrogens is 194 g/mol. The van der Waals surface area contributed by atoms with Crippen LogP contribution >= 0.6 is 0 Å². The van der Waals surface area contributed by atoms with Crippen molar-refractivity contribution in [2.45, 2.75) is 32.3 Å². The molecule has 1 fully saturated rings. The summed E-state index contributed by atoms with van der Waals surface area (Å²) >= 11 is 0. The molecule has 1 aliphatic carbocycles. The molecular formula is C11H23NO3. The van der Waals surface area contributed by atoms with Gasteiger partial charge in [-0.3, -0.25) is 0 Å². The first-order valence-electron chi connectivity index (χ1n) is 5.72. The fourth-order valence-corrected chi connectivity index (χ4v) is 1.98. The predicted octanol–water partition coefficient (Wildman–Crippen LogP) is -0.272. The molecule has 0 saturated heterocycles. The average molecular weight is 217 g/mol. The lowest BCUT2D eigenvalue weighted by Gasteiger charge is -2.26. The van der Waals surface area contributed by atoms with Crippen molar-refractivity contribution in [1.82, 2.24) is 5.32 Å². The summed E-state index contributed by atoms with van der Waals surface area (Å²) in [6, 6.07) is 0. The van der Waals surface area contributed by atoms with Crippen molar-refractivity contribution in [1.29, 1.82) is 0 Å². The summed E-state index contributed by atoms with van der Waals surface area (Å²) in [6.07, 6.45) is 2.91. The van der Waals surface area contributed by atoms with Crippen molar-refractivity contribution in [2.24, 2.45) is 11.3 Å². The molecule has 2 unspecified atom stereocenters. The van der Waals surface area contributed by atoms with E-state index in [0.29, 0.717) is 12.5 Å². The van der Waals surface area contributed by atoms with Crippen molar-refractivity contribution < 1.29 is 15.3 Å². The second-order valence-electron chi connectivity index (χ2n) is 5.02. The van der Waals surface area contributed by atoms with Crippen LogP contribution in [0.5, 0.6) is 0 Å². The molecule has 4 N–H and O–H groups in total. The van der Waals surface area contributed by atoms with Gasteiger partial charge in [0, 0.05) is 18.5 Å². The highest BCUT2D eigenvalue weighted by Gasteiger charge is 2.26. The van der Waals surface area contributed by atoms with Crippen LogP contribution in [0.3, 0.4) is 0 Å². The molecule has 0 heterocycles. The van der Waals surface area contributed by atoms with E-state index in [9.17, 15) is 5.11 Å². The van der Waals surface area contributed by atoms with E-state index in [1.165, 1.54) is 0 Å². The SMILES string of the molecule is CC(CO)(CO)CNCC1CCCC1O. The van der Waals surface area contributed by atoms with Crippen molar-refractivity contribution >= 4 is 0 Å². The van der Waals surface area contributed by atoms with Crippen LogP contribution in [-0.2, 0) is 0 Å². The van der Waals surface area contributed by atoms with Crippen LogP contribution in [0.4, 0.5) is 0 Å². The van der Waals surface area contributed by atoms with E-state index in [4.69, 9.17) is 10.2 Å². The van der Waals surface area contributed by atoms with E-state index in [1.54, 1.807) is 0 Å². The van der Waals surface area contributed by atoms with E-state index < -0.39 is 5.41 Å². The Kier molecular flexibility index (Phi) is 4.99. The minimum absolute atomic E-state index is 0.0241. The maximum atomic E-state index is 9.59. The van der Waals surface area contributed by atoms with Crippen molar-refractivity contribution in [3.8, 4) is 0 Å². The van der Waals surface area contributed by atoms with Crippen LogP contribution in [0, 0.1) is 11.3 Å². The second kappa shape index (κ2) is 5.80. The standard InChI is InChI=1S/C11H23NO3/c1-11(7-13,8-14)6-12-5-9-3-2-4-10(9)15/h9-10,12-15H,2-8H2,1H3. The van der Waals surface area contributed by atoms with E-state index in [2.05, 4.69) is 5.32 Å². The lowest BCUT2D eigenvalue weighted by atomic mass is 9.93. The Bertz CT molecular complexity index is 183. The van der Waals surface area contributed by atoms with Crippen LogP contribution < -0.4 is 5.32 Å². The first-order valence-corrected chi connectivity index (χ1v) is 5.72. The number of hydrogen-bond donors (Lipinski definition) is 4. The predicted molar refractivity (Wildman–Crippen MR) is 58.5 cm³/mol. The molecule has 0 aromatic rings. The summed E-state index contributed by atoms with van der Waals surface area (Å²) in [5.41, 5.74) is -0.455. The first-order chi connectivity index (χ1) is 7.11. The van der Waals surface area contributed by atoms with E-state index in [1.807, 2.05) is 6.92 Å². The van der Waals surface area contributed by atoms with Crippen molar-refractivity contribution in [3.63, 3.8) is 0 Å². The van der Waals surface area contributed by atoms with Gasteiger partial charge >= 0.3 is 0 Å². The highest BCUT2D eigenvalue weighted by atomic mass is 16.3. The molecule has 0 spiro atoms. The van der Waals surface area contributed by atoms with E-state index in [-0.39, 0.29) is 19.3 Å². The fraction of sp³-hybridized carbons (Fsp3) is 1.00. The first kappa shape index (κ1) is 12.9. The molecule has 2 atom stereocenters. The number of aliphatic hydroxyl groups excluding tert-OH is 3. The van der Waals surface area contributed by atoms with Crippen LogP contribution in [-0.4, -0.2) is 47.7 Å². The van der Waals surface area contributed by atoms with Gasteiger partial charge in [-0.2, -0.15) is 0 Å². The average Bonchev–Trinajstić information content (AvgIpc) is 2.64. The molecule has 4 heteroatoms. The van der Waals surface area contributed by atoms with Gasteiger partial charge in [-0.1, -0.05) is 13.3 Å². The maximum absolute atomic E-state index is 9.59. The number of hydrogen-bond acceptors (Lipinski definition) is 4. The second-order valence-corrected chi connectivity index (χ2v) is 5.02. The third kappa shape index (κ3) is 3.72. The molecule has 0 aromatic heterocycles. The van der Waals surface area contributed by atoms with Crippen molar-refractivity contribution in [2.75, 3.05) is 26.3 Å². The fourth-order valence-electron chi connectivity index (χ4n) is 1.98. The highest BCUT2D eigenvalue weighted by Crippen LogP contribution is 2.24. The van der Waals surface area contributed by atoms with E-state index in [0.717, 1.165) is 25.8 Å². The van der Waals surface area contributed by atoms with Gasteiger partial charge in [-0.05, 0) is 18.8 Å². The molecule has 0 bridgehead atoms. The lowest BCUT2D eigenvalue weighted by Crippen LogP contribution is -2.40. The molecule has 0 aliphatic heterocycles. The summed E-state index contributed by atoms with van der Waals surface area (Å²) in [5.74, 6) is 0.339. The minimum Gasteiger partial charge on any atom is -0.396 e. The molecule has 0 amide bonds. The van der Waals surface area contributed by atoms with Crippen LogP contribution in [0.2, 0.25) is 0 Å². The summed E-state index contributed by atoms with van der Waals surface area (Å²) in [7, 11) is 0. The third-order valence-corrected chi connectivity index (χ3v) is 3.34. The molecule has 4 nitrogen and oxygen atoms in total. The Morgan fingerprint density at radius 3 is 2.40 bits per heavy atom. The van der Waals surface area contributed by atoms with Gasteiger partial charge in [0.25, 0.3) is 0 Å². The molecule has 1 saturated carbocycles. The van der Waals surface area contributed by atoms with Gasteiger partial charge in [-0.25, -0.2) is 0 Å². The summed E-state index contributed by atoms with van der Waals surface area (Å²) in [6.45, 7) is 3.15. The Morgan fingerprint density at radius 1 is 1.27 bits per heavy atom. The molecule has 15 heavy (non-hydrogen) atoms. The van der Waals surface area contributed by atoms with Gasteiger partial charge in [0.2, 0.25) is 0 Å². The molecule has 0 aromatic carbocycles. The minimum atomic E-state index is -0.455. The van der Waals surface area contributed by atoms with Crippen LogP contribution in [0.1, 0.15) is 26.2 Å². The Morgan fingerprint density at radius 2 is 1.93 bits per heavy atom. The van der Waals surface area contributed by atoms with Gasteiger partial charge in [-0.15, -0.1) is 0 Å². The number of nitrogens with one attached hydrogen (secondary N) is 1. The monoisotopic (exact) mass is 217 g/mol. The largest absolute Gasteiger partial charge is 0.396 e. The van der Waals surface area contributed by atoms with Gasteiger partial charge in [0.1, 0.15) is 0 Å². The molecule has 1 aliphatic rings. The van der Waals surface area contributed by atoms with Crippen LogP contribution in [0.15, 0.2) is 0 Å².